The second kappa shape index (κ2) is 5.49. The van der Waals surface area contributed by atoms with Crippen molar-refractivity contribution in [3.05, 3.63) is 45.5 Å². The van der Waals surface area contributed by atoms with E-state index in [1.807, 2.05) is 18.2 Å². The van der Waals surface area contributed by atoms with Gasteiger partial charge in [0, 0.05) is 8.96 Å². The van der Waals surface area contributed by atoms with Gasteiger partial charge in [-0.25, -0.2) is 4.98 Å². The van der Waals surface area contributed by atoms with E-state index in [4.69, 9.17) is 15.1 Å². The van der Waals surface area contributed by atoms with Crippen LogP contribution in [0.25, 0.3) is 32.0 Å². The molecule has 23 heavy (non-hydrogen) atoms. The lowest BCUT2D eigenvalue weighted by atomic mass is 10.0. The number of furan rings is 1. The molecule has 0 aliphatic heterocycles. The molecule has 0 bridgehead atoms. The molecule has 116 valence electrons. The SMILES string of the molecule is CC(C)c1ccc2oc(-c3nc4c(I)ccc(N)c4s3)cc2c1. The Hall–Kier alpha value is -1.60. The zero-order chi connectivity index (χ0) is 16.1. The molecule has 0 amide bonds. The Labute approximate surface area is 151 Å². The quantitative estimate of drug-likeness (QED) is 0.310. The Kier molecular flexibility index (Phi) is 3.57. The third kappa shape index (κ3) is 2.52. The summed E-state index contributed by atoms with van der Waals surface area (Å²) in [4.78, 5) is 4.73. The van der Waals surface area contributed by atoms with Gasteiger partial charge in [0.15, 0.2) is 10.8 Å². The molecular weight excluding hydrogens is 419 g/mol. The summed E-state index contributed by atoms with van der Waals surface area (Å²) in [6.45, 7) is 4.39. The molecule has 0 aliphatic carbocycles. The van der Waals surface area contributed by atoms with E-state index in [2.05, 4.69) is 54.6 Å². The van der Waals surface area contributed by atoms with Gasteiger partial charge in [0.2, 0.25) is 0 Å². The first kappa shape index (κ1) is 15.0. The van der Waals surface area contributed by atoms with Gasteiger partial charge >= 0.3 is 0 Å². The van der Waals surface area contributed by atoms with Gasteiger partial charge in [-0.2, -0.15) is 0 Å². The van der Waals surface area contributed by atoms with Crippen molar-refractivity contribution in [1.29, 1.82) is 0 Å². The highest BCUT2D eigenvalue weighted by Crippen LogP contribution is 2.38. The third-order valence-corrected chi connectivity index (χ3v) is 5.93. The van der Waals surface area contributed by atoms with Crippen molar-refractivity contribution in [1.82, 2.24) is 4.98 Å². The first-order valence-electron chi connectivity index (χ1n) is 7.41. The number of thiazole rings is 1. The molecule has 2 aromatic heterocycles. The number of nitrogen functional groups attached to an aromatic ring is 1. The second-order valence-corrected chi connectivity index (χ2v) is 8.06. The van der Waals surface area contributed by atoms with Crippen LogP contribution in [-0.4, -0.2) is 4.98 Å². The topological polar surface area (TPSA) is 52.0 Å². The van der Waals surface area contributed by atoms with Crippen molar-refractivity contribution in [2.24, 2.45) is 0 Å². The molecule has 2 heterocycles. The smallest absolute Gasteiger partial charge is 0.164 e. The van der Waals surface area contributed by atoms with Crippen molar-refractivity contribution >= 4 is 60.8 Å². The molecule has 3 nitrogen and oxygen atoms in total. The highest BCUT2D eigenvalue weighted by molar-refractivity contribution is 14.1. The number of benzene rings is 2. The van der Waals surface area contributed by atoms with Crippen molar-refractivity contribution in [3.8, 4) is 10.8 Å². The minimum absolute atomic E-state index is 0.501. The number of fused-ring (bicyclic) bond motifs is 2. The lowest BCUT2D eigenvalue weighted by Gasteiger charge is -2.03. The molecule has 0 aliphatic rings. The molecular formula is C18H15IN2OS. The van der Waals surface area contributed by atoms with Gasteiger partial charge in [-0.3, -0.25) is 0 Å². The van der Waals surface area contributed by atoms with E-state index in [-0.39, 0.29) is 0 Å². The van der Waals surface area contributed by atoms with Gasteiger partial charge < -0.3 is 10.2 Å². The summed E-state index contributed by atoms with van der Waals surface area (Å²) in [5.41, 5.74) is 10.0. The van der Waals surface area contributed by atoms with Crippen LogP contribution in [0.4, 0.5) is 5.69 Å². The largest absolute Gasteiger partial charge is 0.454 e. The van der Waals surface area contributed by atoms with Crippen LogP contribution in [-0.2, 0) is 0 Å². The standard InChI is InChI=1S/C18H15IN2OS/c1-9(2)10-3-6-14-11(7-10)8-15(22-14)18-21-16-12(19)4-5-13(20)17(16)23-18/h3-9H,20H2,1-2H3. The molecule has 0 fully saturated rings. The molecule has 0 saturated heterocycles. The maximum atomic E-state index is 6.08. The molecule has 4 aromatic rings. The van der Waals surface area contributed by atoms with Crippen molar-refractivity contribution in [2.75, 3.05) is 5.73 Å². The van der Waals surface area contributed by atoms with E-state index in [9.17, 15) is 0 Å². The number of nitrogens with two attached hydrogens (primary N) is 1. The average molecular weight is 434 g/mol. The first-order valence-corrected chi connectivity index (χ1v) is 9.31. The fraction of sp³-hybridized carbons (Fsp3) is 0.167. The van der Waals surface area contributed by atoms with Gasteiger partial charge in [0.1, 0.15) is 5.58 Å². The van der Waals surface area contributed by atoms with E-state index in [1.54, 1.807) is 11.3 Å². The molecule has 5 heteroatoms. The number of halogens is 1. The molecule has 2 N–H and O–H groups in total. The molecule has 4 rings (SSSR count). The average Bonchev–Trinajstić information content (AvgIpc) is 3.14. The van der Waals surface area contributed by atoms with Gasteiger partial charge in [0.05, 0.1) is 15.9 Å². The first-order chi connectivity index (χ1) is 11.0. The zero-order valence-corrected chi connectivity index (χ0v) is 15.7. The van der Waals surface area contributed by atoms with E-state index >= 15 is 0 Å². The molecule has 0 radical (unpaired) electrons. The summed E-state index contributed by atoms with van der Waals surface area (Å²) < 4.78 is 8.13. The monoisotopic (exact) mass is 434 g/mol. The van der Waals surface area contributed by atoms with Gasteiger partial charge in [-0.1, -0.05) is 19.9 Å². The predicted octanol–water partition coefficient (Wildman–Crippen LogP) is 6.02. The number of nitrogens with zero attached hydrogens (tertiary/aromatic N) is 1. The fourth-order valence-electron chi connectivity index (χ4n) is 2.63. The van der Waals surface area contributed by atoms with Crippen LogP contribution >= 0.6 is 33.9 Å². The Bertz CT molecular complexity index is 993. The highest BCUT2D eigenvalue weighted by atomic mass is 127. The Balaban J connectivity index is 1.88. The predicted molar refractivity (Wildman–Crippen MR) is 106 cm³/mol. The van der Waals surface area contributed by atoms with E-state index < -0.39 is 0 Å². The summed E-state index contributed by atoms with van der Waals surface area (Å²) in [7, 11) is 0. The zero-order valence-electron chi connectivity index (χ0n) is 12.8. The lowest BCUT2D eigenvalue weighted by molar-refractivity contribution is 0.631. The molecule has 0 atom stereocenters. The van der Waals surface area contributed by atoms with Gasteiger partial charge in [0.25, 0.3) is 0 Å². The number of aromatic nitrogens is 1. The van der Waals surface area contributed by atoms with Crippen LogP contribution < -0.4 is 5.73 Å². The number of hydrogen-bond acceptors (Lipinski definition) is 4. The second-order valence-electron chi connectivity index (χ2n) is 5.90. The minimum Gasteiger partial charge on any atom is -0.454 e. The van der Waals surface area contributed by atoms with Crippen LogP contribution in [0.3, 0.4) is 0 Å². The molecule has 0 spiro atoms. The van der Waals surface area contributed by atoms with Gasteiger partial charge in [-0.05, 0) is 64.4 Å². The normalized spacial score (nSPS) is 11.8. The summed E-state index contributed by atoms with van der Waals surface area (Å²) in [6.07, 6.45) is 0. The van der Waals surface area contributed by atoms with Crippen molar-refractivity contribution < 1.29 is 4.42 Å². The third-order valence-electron chi connectivity index (χ3n) is 3.94. The number of anilines is 1. The summed E-state index contributed by atoms with van der Waals surface area (Å²) in [5.74, 6) is 1.30. The minimum atomic E-state index is 0.501. The molecule has 2 aromatic carbocycles. The summed E-state index contributed by atoms with van der Waals surface area (Å²) in [6, 6.07) is 12.4. The maximum Gasteiger partial charge on any atom is 0.164 e. The fourth-order valence-corrected chi connectivity index (χ4v) is 4.35. The lowest BCUT2D eigenvalue weighted by Crippen LogP contribution is -1.85. The van der Waals surface area contributed by atoms with Crippen molar-refractivity contribution in [3.63, 3.8) is 0 Å². The van der Waals surface area contributed by atoms with E-state index in [0.717, 1.165) is 41.2 Å². The maximum absolute atomic E-state index is 6.08. The van der Waals surface area contributed by atoms with E-state index in [0.29, 0.717) is 5.92 Å². The van der Waals surface area contributed by atoms with Crippen LogP contribution in [0.1, 0.15) is 25.3 Å². The summed E-state index contributed by atoms with van der Waals surface area (Å²) >= 11 is 3.87. The Morgan fingerprint density at radius 1 is 1.17 bits per heavy atom. The van der Waals surface area contributed by atoms with Crippen LogP contribution in [0.2, 0.25) is 0 Å². The molecule has 0 unspecified atom stereocenters. The van der Waals surface area contributed by atoms with Crippen LogP contribution in [0, 0.1) is 3.57 Å². The highest BCUT2D eigenvalue weighted by Gasteiger charge is 2.15. The van der Waals surface area contributed by atoms with Crippen molar-refractivity contribution in [2.45, 2.75) is 19.8 Å². The van der Waals surface area contributed by atoms with Crippen LogP contribution in [0.5, 0.6) is 0 Å². The molecule has 0 saturated carbocycles. The van der Waals surface area contributed by atoms with Crippen LogP contribution in [0.15, 0.2) is 40.8 Å². The van der Waals surface area contributed by atoms with E-state index in [1.165, 1.54) is 5.56 Å². The number of hydrogen-bond donors (Lipinski definition) is 1. The summed E-state index contributed by atoms with van der Waals surface area (Å²) in [5, 5.41) is 1.99. The Morgan fingerprint density at radius 3 is 2.74 bits per heavy atom. The number of rotatable bonds is 2. The van der Waals surface area contributed by atoms with Gasteiger partial charge in [-0.15, -0.1) is 11.3 Å². The Morgan fingerprint density at radius 2 is 2.00 bits per heavy atom.